The number of unbranched alkanes of at least 4 members (excludes halogenated alkanes) is 1. The number of nitrogens with two attached hydrogens (primary N) is 1. The van der Waals surface area contributed by atoms with Crippen molar-refractivity contribution in [1.82, 2.24) is 14.9 Å². The van der Waals surface area contributed by atoms with Crippen LogP contribution in [0.25, 0.3) is 0 Å². The molecule has 0 radical (unpaired) electrons. The molecular weight excluding hydrogens is 286 g/mol. The molecule has 0 saturated heterocycles. The first-order valence-electron chi connectivity index (χ1n) is 8.41. The SMILES string of the molecule is CCCCNc1nc(N)nc2c1CN(Cc1ccccc1)CC2. The van der Waals surface area contributed by atoms with Crippen LogP contribution < -0.4 is 11.1 Å². The van der Waals surface area contributed by atoms with Gasteiger partial charge in [-0.25, -0.2) is 4.98 Å². The van der Waals surface area contributed by atoms with E-state index in [9.17, 15) is 0 Å². The van der Waals surface area contributed by atoms with Crippen LogP contribution in [0.3, 0.4) is 0 Å². The Kier molecular flexibility index (Phi) is 5.08. The number of nitrogens with zero attached hydrogens (tertiary/aromatic N) is 3. The first-order chi connectivity index (χ1) is 11.3. The summed E-state index contributed by atoms with van der Waals surface area (Å²) >= 11 is 0. The van der Waals surface area contributed by atoms with Crippen LogP contribution in [0.4, 0.5) is 11.8 Å². The largest absolute Gasteiger partial charge is 0.370 e. The van der Waals surface area contributed by atoms with Gasteiger partial charge < -0.3 is 11.1 Å². The first-order valence-corrected chi connectivity index (χ1v) is 8.41. The molecule has 3 N–H and O–H groups in total. The second-order valence-electron chi connectivity index (χ2n) is 6.08. The molecule has 0 fully saturated rings. The second kappa shape index (κ2) is 7.42. The highest BCUT2D eigenvalue weighted by Crippen LogP contribution is 2.25. The Morgan fingerprint density at radius 2 is 2.04 bits per heavy atom. The summed E-state index contributed by atoms with van der Waals surface area (Å²) in [6.07, 6.45) is 3.22. The molecule has 1 aromatic carbocycles. The van der Waals surface area contributed by atoms with Crippen molar-refractivity contribution in [2.45, 2.75) is 39.3 Å². The number of aromatic nitrogens is 2. The van der Waals surface area contributed by atoms with Gasteiger partial charge in [0.15, 0.2) is 0 Å². The van der Waals surface area contributed by atoms with Crippen molar-refractivity contribution in [3.8, 4) is 0 Å². The standard InChI is InChI=1S/C18H25N5/c1-2-3-10-20-17-15-13-23(12-14-7-5-4-6-8-14)11-9-16(15)21-18(19)22-17/h4-8H,2-3,9-13H2,1H3,(H3,19,20,21,22). The summed E-state index contributed by atoms with van der Waals surface area (Å²) in [4.78, 5) is 11.3. The lowest BCUT2D eigenvalue weighted by Crippen LogP contribution is -2.32. The highest BCUT2D eigenvalue weighted by Gasteiger charge is 2.22. The molecule has 1 aromatic heterocycles. The molecule has 2 aromatic rings. The maximum atomic E-state index is 5.87. The van der Waals surface area contributed by atoms with E-state index in [0.717, 1.165) is 57.0 Å². The number of rotatable bonds is 6. The van der Waals surface area contributed by atoms with E-state index in [2.05, 4.69) is 57.4 Å². The number of benzene rings is 1. The average molecular weight is 311 g/mol. The van der Waals surface area contributed by atoms with Crippen molar-refractivity contribution in [2.75, 3.05) is 24.1 Å². The van der Waals surface area contributed by atoms with E-state index in [4.69, 9.17) is 5.73 Å². The van der Waals surface area contributed by atoms with Crippen molar-refractivity contribution < 1.29 is 0 Å². The minimum Gasteiger partial charge on any atom is -0.370 e. The molecule has 0 bridgehead atoms. The summed E-state index contributed by atoms with van der Waals surface area (Å²) in [6, 6.07) is 10.6. The number of nitrogens with one attached hydrogen (secondary N) is 1. The molecule has 3 rings (SSSR count). The van der Waals surface area contributed by atoms with Gasteiger partial charge in [-0.15, -0.1) is 0 Å². The molecule has 1 aliphatic heterocycles. The Labute approximate surface area is 137 Å². The highest BCUT2D eigenvalue weighted by atomic mass is 15.2. The van der Waals surface area contributed by atoms with Crippen molar-refractivity contribution in [2.24, 2.45) is 0 Å². The van der Waals surface area contributed by atoms with Gasteiger partial charge in [0, 0.05) is 38.2 Å². The summed E-state index contributed by atoms with van der Waals surface area (Å²) in [5.74, 6) is 1.29. The molecule has 0 aliphatic carbocycles. The number of hydrogen-bond donors (Lipinski definition) is 2. The van der Waals surface area contributed by atoms with Crippen molar-refractivity contribution in [3.63, 3.8) is 0 Å². The third-order valence-corrected chi connectivity index (χ3v) is 4.23. The predicted octanol–water partition coefficient (Wildman–Crippen LogP) is 2.83. The maximum Gasteiger partial charge on any atom is 0.222 e. The Morgan fingerprint density at radius 3 is 2.83 bits per heavy atom. The summed E-state index contributed by atoms with van der Waals surface area (Å²) in [7, 11) is 0. The summed E-state index contributed by atoms with van der Waals surface area (Å²) < 4.78 is 0. The number of fused-ring (bicyclic) bond motifs is 1. The molecule has 0 unspecified atom stereocenters. The normalized spacial score (nSPS) is 14.5. The molecule has 5 heteroatoms. The molecule has 5 nitrogen and oxygen atoms in total. The zero-order chi connectivity index (χ0) is 16.1. The Morgan fingerprint density at radius 1 is 1.22 bits per heavy atom. The van der Waals surface area contributed by atoms with Crippen LogP contribution in [0.5, 0.6) is 0 Å². The first kappa shape index (κ1) is 15.7. The number of anilines is 2. The number of hydrogen-bond acceptors (Lipinski definition) is 5. The zero-order valence-electron chi connectivity index (χ0n) is 13.8. The maximum absolute atomic E-state index is 5.87. The molecule has 2 heterocycles. The summed E-state index contributed by atoms with van der Waals surface area (Å²) in [6.45, 7) is 5.95. The molecule has 122 valence electrons. The van der Waals surface area contributed by atoms with Gasteiger partial charge in [-0.1, -0.05) is 43.7 Å². The van der Waals surface area contributed by atoms with Gasteiger partial charge in [0.05, 0.1) is 5.69 Å². The van der Waals surface area contributed by atoms with Crippen LogP contribution in [0.1, 0.15) is 36.6 Å². The molecule has 0 amide bonds. The van der Waals surface area contributed by atoms with E-state index in [-0.39, 0.29) is 0 Å². The second-order valence-corrected chi connectivity index (χ2v) is 6.08. The average Bonchev–Trinajstić information content (AvgIpc) is 2.56. The molecular formula is C18H25N5. The van der Waals surface area contributed by atoms with Crippen LogP contribution in [-0.2, 0) is 19.5 Å². The third kappa shape index (κ3) is 3.99. The summed E-state index contributed by atoms with van der Waals surface area (Å²) in [5, 5.41) is 3.44. The molecule has 0 saturated carbocycles. The van der Waals surface area contributed by atoms with Gasteiger partial charge in [-0.3, -0.25) is 4.90 Å². The third-order valence-electron chi connectivity index (χ3n) is 4.23. The van der Waals surface area contributed by atoms with Gasteiger partial charge in [0.2, 0.25) is 5.95 Å². The lowest BCUT2D eigenvalue weighted by Gasteiger charge is -2.29. The monoisotopic (exact) mass is 311 g/mol. The van der Waals surface area contributed by atoms with E-state index in [0.29, 0.717) is 5.95 Å². The van der Waals surface area contributed by atoms with E-state index in [1.165, 1.54) is 11.1 Å². The van der Waals surface area contributed by atoms with Crippen LogP contribution in [0.15, 0.2) is 30.3 Å². The fraction of sp³-hybridized carbons (Fsp3) is 0.444. The molecule has 23 heavy (non-hydrogen) atoms. The van der Waals surface area contributed by atoms with Crippen LogP contribution in [0, 0.1) is 0 Å². The molecule has 1 aliphatic rings. The van der Waals surface area contributed by atoms with Crippen molar-refractivity contribution >= 4 is 11.8 Å². The number of nitrogen functional groups attached to an aromatic ring is 1. The lowest BCUT2D eigenvalue weighted by molar-refractivity contribution is 0.243. The van der Waals surface area contributed by atoms with Crippen LogP contribution in [0.2, 0.25) is 0 Å². The van der Waals surface area contributed by atoms with Crippen molar-refractivity contribution in [1.29, 1.82) is 0 Å². The Bertz CT molecular complexity index is 641. The highest BCUT2D eigenvalue weighted by molar-refractivity contribution is 5.50. The van der Waals surface area contributed by atoms with E-state index in [1.54, 1.807) is 0 Å². The minimum absolute atomic E-state index is 0.374. The summed E-state index contributed by atoms with van der Waals surface area (Å²) in [5.41, 5.74) is 9.51. The van der Waals surface area contributed by atoms with Gasteiger partial charge >= 0.3 is 0 Å². The van der Waals surface area contributed by atoms with E-state index in [1.807, 2.05) is 0 Å². The minimum atomic E-state index is 0.374. The molecule has 0 atom stereocenters. The lowest BCUT2D eigenvalue weighted by atomic mass is 10.0. The van der Waals surface area contributed by atoms with Gasteiger partial charge in [0.1, 0.15) is 5.82 Å². The van der Waals surface area contributed by atoms with E-state index < -0.39 is 0 Å². The molecule has 0 spiro atoms. The fourth-order valence-corrected chi connectivity index (χ4v) is 3.00. The van der Waals surface area contributed by atoms with Gasteiger partial charge in [-0.05, 0) is 12.0 Å². The fourth-order valence-electron chi connectivity index (χ4n) is 3.00. The Hall–Kier alpha value is -2.14. The van der Waals surface area contributed by atoms with Gasteiger partial charge in [0.25, 0.3) is 0 Å². The topological polar surface area (TPSA) is 67.1 Å². The van der Waals surface area contributed by atoms with Crippen molar-refractivity contribution in [3.05, 3.63) is 47.2 Å². The quantitative estimate of drug-likeness (QED) is 0.803. The Balaban J connectivity index is 1.75. The van der Waals surface area contributed by atoms with Gasteiger partial charge in [-0.2, -0.15) is 4.98 Å². The zero-order valence-corrected chi connectivity index (χ0v) is 13.8. The smallest absolute Gasteiger partial charge is 0.222 e. The predicted molar refractivity (Wildman–Crippen MR) is 94.1 cm³/mol. The van der Waals surface area contributed by atoms with E-state index >= 15 is 0 Å². The van der Waals surface area contributed by atoms with Crippen LogP contribution in [-0.4, -0.2) is 28.0 Å². The van der Waals surface area contributed by atoms with Crippen LogP contribution >= 0.6 is 0 Å².